The molecule has 156 valence electrons. The Morgan fingerprint density at radius 2 is 1.67 bits per heavy atom. The molecule has 0 aliphatic rings. The zero-order chi connectivity index (χ0) is 21.9. The molecule has 1 N–H and O–H groups in total. The van der Waals surface area contributed by atoms with Gasteiger partial charge in [0.15, 0.2) is 0 Å². The van der Waals surface area contributed by atoms with Crippen molar-refractivity contribution in [3.05, 3.63) is 95.1 Å². The Hall–Kier alpha value is -3.10. The number of amides is 1. The Morgan fingerprint density at radius 3 is 2.33 bits per heavy atom. The SMILES string of the molecule is Cc1ccc(NC(=O)c2cc(S(=O)(=O)N(C)Cc3ccccc3)ccc2F)cc1F. The average Bonchev–Trinajstić information content (AvgIpc) is 2.71. The van der Waals surface area contributed by atoms with Gasteiger partial charge in [-0.05, 0) is 48.4 Å². The van der Waals surface area contributed by atoms with Crippen LogP contribution in [0, 0.1) is 18.6 Å². The first-order valence-corrected chi connectivity index (χ1v) is 10.5. The maximum absolute atomic E-state index is 14.3. The second-order valence-electron chi connectivity index (χ2n) is 6.81. The highest BCUT2D eigenvalue weighted by molar-refractivity contribution is 7.89. The highest BCUT2D eigenvalue weighted by atomic mass is 32.2. The summed E-state index contributed by atoms with van der Waals surface area (Å²) in [4.78, 5) is 12.3. The van der Waals surface area contributed by atoms with Gasteiger partial charge in [-0.2, -0.15) is 4.31 Å². The molecule has 0 bridgehead atoms. The predicted octanol–water partition coefficient (Wildman–Crippen LogP) is 4.35. The lowest BCUT2D eigenvalue weighted by atomic mass is 10.1. The van der Waals surface area contributed by atoms with E-state index in [1.807, 2.05) is 6.07 Å². The summed E-state index contributed by atoms with van der Waals surface area (Å²) >= 11 is 0. The number of sulfonamides is 1. The molecular weight excluding hydrogens is 410 g/mol. The number of carbonyl (C=O) groups excluding carboxylic acids is 1. The average molecular weight is 430 g/mol. The van der Waals surface area contributed by atoms with Crippen LogP contribution in [0.5, 0.6) is 0 Å². The monoisotopic (exact) mass is 430 g/mol. The Kier molecular flexibility index (Phi) is 6.28. The van der Waals surface area contributed by atoms with Gasteiger partial charge in [0.1, 0.15) is 11.6 Å². The van der Waals surface area contributed by atoms with Crippen LogP contribution in [0.1, 0.15) is 21.5 Å². The molecule has 0 heterocycles. The molecule has 0 fully saturated rings. The van der Waals surface area contributed by atoms with E-state index in [0.717, 1.165) is 34.1 Å². The van der Waals surface area contributed by atoms with E-state index >= 15 is 0 Å². The quantitative estimate of drug-likeness (QED) is 0.632. The summed E-state index contributed by atoms with van der Waals surface area (Å²) in [5.41, 5.74) is 0.862. The summed E-state index contributed by atoms with van der Waals surface area (Å²) in [5.74, 6) is -2.28. The zero-order valence-corrected chi connectivity index (χ0v) is 17.2. The van der Waals surface area contributed by atoms with Gasteiger partial charge in [0.2, 0.25) is 10.0 Å². The maximum atomic E-state index is 14.3. The smallest absolute Gasteiger partial charge is 0.258 e. The summed E-state index contributed by atoms with van der Waals surface area (Å²) in [5, 5.41) is 2.39. The second kappa shape index (κ2) is 8.73. The largest absolute Gasteiger partial charge is 0.322 e. The third-order valence-electron chi connectivity index (χ3n) is 4.57. The van der Waals surface area contributed by atoms with E-state index in [-0.39, 0.29) is 17.1 Å². The number of carbonyl (C=O) groups is 1. The standard InChI is InChI=1S/C22H20F2N2O3S/c1-15-8-9-17(12-21(15)24)25-22(27)19-13-18(10-11-20(19)23)30(28,29)26(2)14-16-6-4-3-5-7-16/h3-13H,14H2,1-2H3,(H,25,27). The van der Waals surface area contributed by atoms with Crippen molar-refractivity contribution in [2.45, 2.75) is 18.4 Å². The van der Waals surface area contributed by atoms with Crippen molar-refractivity contribution in [3.8, 4) is 0 Å². The van der Waals surface area contributed by atoms with Crippen LogP contribution in [0.2, 0.25) is 0 Å². The molecule has 8 heteroatoms. The molecule has 0 radical (unpaired) electrons. The third-order valence-corrected chi connectivity index (χ3v) is 6.37. The van der Waals surface area contributed by atoms with Crippen molar-refractivity contribution in [1.82, 2.24) is 4.31 Å². The fourth-order valence-electron chi connectivity index (χ4n) is 2.81. The third kappa shape index (κ3) is 4.72. The van der Waals surface area contributed by atoms with Crippen LogP contribution < -0.4 is 5.32 Å². The van der Waals surface area contributed by atoms with Gasteiger partial charge in [-0.25, -0.2) is 17.2 Å². The minimum Gasteiger partial charge on any atom is -0.322 e. The normalized spacial score (nSPS) is 11.5. The number of nitrogens with zero attached hydrogens (tertiary/aromatic N) is 1. The molecule has 1 amide bonds. The molecule has 3 aromatic carbocycles. The highest BCUT2D eigenvalue weighted by Crippen LogP contribution is 2.21. The topological polar surface area (TPSA) is 66.5 Å². The van der Waals surface area contributed by atoms with E-state index in [0.29, 0.717) is 5.56 Å². The molecule has 0 unspecified atom stereocenters. The lowest BCUT2D eigenvalue weighted by Gasteiger charge is -2.18. The molecule has 0 atom stereocenters. The minimum atomic E-state index is -3.97. The Balaban J connectivity index is 1.86. The van der Waals surface area contributed by atoms with Gasteiger partial charge >= 0.3 is 0 Å². The number of hydrogen-bond acceptors (Lipinski definition) is 3. The van der Waals surface area contributed by atoms with Gasteiger partial charge in [0.25, 0.3) is 5.91 Å². The van der Waals surface area contributed by atoms with Crippen LogP contribution in [-0.2, 0) is 16.6 Å². The molecule has 0 spiro atoms. The van der Waals surface area contributed by atoms with Crippen molar-refractivity contribution in [2.75, 3.05) is 12.4 Å². The molecule has 0 aromatic heterocycles. The number of hydrogen-bond donors (Lipinski definition) is 1. The Bertz CT molecular complexity index is 1180. The van der Waals surface area contributed by atoms with E-state index < -0.39 is 33.1 Å². The van der Waals surface area contributed by atoms with Crippen LogP contribution in [0.25, 0.3) is 0 Å². The van der Waals surface area contributed by atoms with Gasteiger partial charge in [0, 0.05) is 19.3 Å². The van der Waals surface area contributed by atoms with Crippen LogP contribution in [-0.4, -0.2) is 25.7 Å². The van der Waals surface area contributed by atoms with Crippen molar-refractivity contribution >= 4 is 21.6 Å². The summed E-state index contributed by atoms with van der Waals surface area (Å²) in [7, 11) is -2.57. The van der Waals surface area contributed by atoms with Gasteiger partial charge < -0.3 is 5.32 Å². The Morgan fingerprint density at radius 1 is 0.967 bits per heavy atom. The molecule has 0 aliphatic heterocycles. The first-order valence-electron chi connectivity index (χ1n) is 9.06. The number of nitrogens with one attached hydrogen (secondary N) is 1. The maximum Gasteiger partial charge on any atom is 0.258 e. The lowest BCUT2D eigenvalue weighted by molar-refractivity contribution is 0.102. The first-order chi connectivity index (χ1) is 14.2. The summed E-state index contributed by atoms with van der Waals surface area (Å²) in [6, 6.07) is 16.1. The second-order valence-corrected chi connectivity index (χ2v) is 8.85. The first kappa shape index (κ1) is 21.6. The van der Waals surface area contributed by atoms with E-state index in [9.17, 15) is 22.0 Å². The van der Waals surface area contributed by atoms with Crippen molar-refractivity contribution in [2.24, 2.45) is 0 Å². The number of anilines is 1. The van der Waals surface area contributed by atoms with Crippen LogP contribution >= 0.6 is 0 Å². The van der Waals surface area contributed by atoms with Crippen LogP contribution in [0.15, 0.2) is 71.6 Å². The fraction of sp³-hybridized carbons (Fsp3) is 0.136. The van der Waals surface area contributed by atoms with E-state index in [2.05, 4.69) is 5.32 Å². The summed E-state index contributed by atoms with van der Waals surface area (Å²) < 4.78 is 54.8. The van der Waals surface area contributed by atoms with E-state index in [1.165, 1.54) is 19.2 Å². The van der Waals surface area contributed by atoms with Gasteiger partial charge in [-0.3, -0.25) is 4.79 Å². The molecule has 30 heavy (non-hydrogen) atoms. The lowest BCUT2D eigenvalue weighted by Crippen LogP contribution is -2.27. The van der Waals surface area contributed by atoms with Crippen molar-refractivity contribution < 1.29 is 22.0 Å². The number of benzene rings is 3. The summed E-state index contributed by atoms with van der Waals surface area (Å²) in [6.07, 6.45) is 0. The summed E-state index contributed by atoms with van der Waals surface area (Å²) in [6.45, 7) is 1.69. The van der Waals surface area contributed by atoms with Gasteiger partial charge in [-0.1, -0.05) is 36.4 Å². The molecule has 0 aliphatic carbocycles. The number of rotatable bonds is 6. The van der Waals surface area contributed by atoms with E-state index in [1.54, 1.807) is 31.2 Å². The van der Waals surface area contributed by atoms with E-state index in [4.69, 9.17) is 0 Å². The number of halogens is 2. The van der Waals surface area contributed by atoms with Crippen molar-refractivity contribution in [1.29, 1.82) is 0 Å². The molecule has 3 rings (SSSR count). The molecule has 0 saturated heterocycles. The van der Waals surface area contributed by atoms with Gasteiger partial charge in [0.05, 0.1) is 10.5 Å². The predicted molar refractivity (Wildman–Crippen MR) is 111 cm³/mol. The zero-order valence-electron chi connectivity index (χ0n) is 16.4. The minimum absolute atomic E-state index is 0.116. The van der Waals surface area contributed by atoms with Crippen LogP contribution in [0.3, 0.4) is 0 Å². The molecule has 3 aromatic rings. The van der Waals surface area contributed by atoms with Crippen molar-refractivity contribution in [3.63, 3.8) is 0 Å². The molecule has 0 saturated carbocycles. The highest BCUT2D eigenvalue weighted by Gasteiger charge is 2.24. The Labute approximate surface area is 174 Å². The van der Waals surface area contributed by atoms with Gasteiger partial charge in [-0.15, -0.1) is 0 Å². The fourth-order valence-corrected chi connectivity index (χ4v) is 4.00. The number of aryl methyl sites for hydroxylation is 1. The van der Waals surface area contributed by atoms with Crippen LogP contribution in [0.4, 0.5) is 14.5 Å². The molecular formula is C22H20F2N2O3S. The molecule has 5 nitrogen and oxygen atoms in total.